The molecule has 84 valence electrons. The molecule has 0 unspecified atom stereocenters. The Kier molecular flexibility index (Phi) is 2.17. The molecular weight excluding hydrogens is 200 g/mol. The van der Waals surface area contributed by atoms with E-state index in [1.165, 1.54) is 5.56 Å². The van der Waals surface area contributed by atoms with E-state index in [4.69, 9.17) is 5.73 Å². The zero-order valence-electron chi connectivity index (χ0n) is 9.40. The highest BCUT2D eigenvalue weighted by Gasteiger charge is 2.25. The van der Waals surface area contributed by atoms with Crippen molar-refractivity contribution in [2.24, 2.45) is 5.73 Å². The Morgan fingerprint density at radius 1 is 1.44 bits per heavy atom. The Labute approximate surface area is 94.3 Å². The summed E-state index contributed by atoms with van der Waals surface area (Å²) < 4.78 is 0. The van der Waals surface area contributed by atoms with Crippen LogP contribution in [0.5, 0.6) is 0 Å². The SMILES string of the molecule is Cc1ccnc2nc([C@@H]3CC[C@H](N)C3)[nH]c12. The van der Waals surface area contributed by atoms with Crippen LogP contribution in [-0.2, 0) is 0 Å². The number of aromatic amines is 1. The Morgan fingerprint density at radius 3 is 3.00 bits per heavy atom. The molecule has 1 aliphatic rings. The fraction of sp³-hybridized carbons (Fsp3) is 0.500. The van der Waals surface area contributed by atoms with Crippen LogP contribution < -0.4 is 5.73 Å². The van der Waals surface area contributed by atoms with Crippen LogP contribution in [0, 0.1) is 6.92 Å². The molecule has 0 aliphatic heterocycles. The maximum absolute atomic E-state index is 5.93. The van der Waals surface area contributed by atoms with Gasteiger partial charge in [-0.1, -0.05) is 0 Å². The van der Waals surface area contributed by atoms with Crippen LogP contribution in [0.4, 0.5) is 0 Å². The first-order chi connectivity index (χ1) is 7.74. The summed E-state index contributed by atoms with van der Waals surface area (Å²) in [6.07, 6.45) is 5.09. The number of hydrogen-bond acceptors (Lipinski definition) is 3. The van der Waals surface area contributed by atoms with Crippen LogP contribution in [0.25, 0.3) is 11.2 Å². The van der Waals surface area contributed by atoms with E-state index in [9.17, 15) is 0 Å². The number of nitrogens with zero attached hydrogens (tertiary/aromatic N) is 2. The van der Waals surface area contributed by atoms with Gasteiger partial charge in [0.1, 0.15) is 5.82 Å². The molecule has 1 aliphatic carbocycles. The van der Waals surface area contributed by atoms with Gasteiger partial charge >= 0.3 is 0 Å². The maximum Gasteiger partial charge on any atom is 0.177 e. The highest BCUT2D eigenvalue weighted by molar-refractivity contribution is 5.74. The van der Waals surface area contributed by atoms with Gasteiger partial charge in [0.15, 0.2) is 5.65 Å². The van der Waals surface area contributed by atoms with E-state index in [1.807, 2.05) is 12.3 Å². The minimum atomic E-state index is 0.340. The Bertz CT molecular complexity index is 517. The number of hydrogen-bond donors (Lipinski definition) is 2. The molecule has 0 saturated heterocycles. The third-order valence-electron chi connectivity index (χ3n) is 3.48. The second kappa shape index (κ2) is 3.56. The lowest BCUT2D eigenvalue weighted by atomic mass is 10.1. The summed E-state index contributed by atoms with van der Waals surface area (Å²) in [5.41, 5.74) is 9.03. The lowest BCUT2D eigenvalue weighted by Crippen LogP contribution is -2.14. The summed E-state index contributed by atoms with van der Waals surface area (Å²) in [5, 5.41) is 0. The number of nitrogens with one attached hydrogen (secondary N) is 1. The van der Waals surface area contributed by atoms with Gasteiger partial charge in [-0.3, -0.25) is 0 Å². The molecule has 2 aromatic rings. The van der Waals surface area contributed by atoms with Gasteiger partial charge in [0.05, 0.1) is 5.52 Å². The fourth-order valence-corrected chi connectivity index (χ4v) is 2.51. The number of pyridine rings is 1. The Balaban J connectivity index is 2.02. The van der Waals surface area contributed by atoms with E-state index >= 15 is 0 Å². The van der Waals surface area contributed by atoms with Gasteiger partial charge in [-0.25, -0.2) is 9.97 Å². The predicted molar refractivity (Wildman–Crippen MR) is 63.2 cm³/mol. The topological polar surface area (TPSA) is 67.6 Å². The Hall–Kier alpha value is -1.42. The summed E-state index contributed by atoms with van der Waals surface area (Å²) in [5.74, 6) is 1.55. The highest BCUT2D eigenvalue weighted by atomic mass is 15.0. The third-order valence-corrected chi connectivity index (χ3v) is 3.48. The predicted octanol–water partition coefficient (Wildman–Crippen LogP) is 1.86. The van der Waals surface area contributed by atoms with E-state index in [1.54, 1.807) is 0 Å². The van der Waals surface area contributed by atoms with Gasteiger partial charge in [-0.2, -0.15) is 0 Å². The largest absolute Gasteiger partial charge is 0.340 e. The third kappa shape index (κ3) is 1.50. The minimum absolute atomic E-state index is 0.340. The molecule has 2 atom stereocenters. The van der Waals surface area contributed by atoms with Crippen molar-refractivity contribution >= 4 is 11.2 Å². The molecule has 0 spiro atoms. The van der Waals surface area contributed by atoms with E-state index < -0.39 is 0 Å². The molecule has 2 aromatic heterocycles. The van der Waals surface area contributed by atoms with Crippen LogP contribution in [0.3, 0.4) is 0 Å². The standard InChI is InChI=1S/C12H16N4/c1-7-4-5-14-12-10(7)15-11(16-12)8-2-3-9(13)6-8/h4-5,8-9H,2-3,6,13H2,1H3,(H,14,15,16)/t8-,9+/m1/s1. The smallest absolute Gasteiger partial charge is 0.177 e. The number of rotatable bonds is 1. The molecule has 3 N–H and O–H groups in total. The van der Waals surface area contributed by atoms with Crippen molar-refractivity contribution in [2.45, 2.75) is 38.1 Å². The molecule has 0 aromatic carbocycles. The summed E-state index contributed by atoms with van der Waals surface area (Å²) in [6, 6.07) is 2.34. The van der Waals surface area contributed by atoms with Gasteiger partial charge in [0.25, 0.3) is 0 Å². The average Bonchev–Trinajstić information content (AvgIpc) is 2.84. The second-order valence-electron chi connectivity index (χ2n) is 4.72. The fourth-order valence-electron chi connectivity index (χ4n) is 2.51. The summed E-state index contributed by atoms with van der Waals surface area (Å²) in [7, 11) is 0. The van der Waals surface area contributed by atoms with Gasteiger partial charge < -0.3 is 10.7 Å². The van der Waals surface area contributed by atoms with Crippen molar-refractivity contribution in [3.05, 3.63) is 23.7 Å². The number of imidazole rings is 1. The van der Waals surface area contributed by atoms with Crippen molar-refractivity contribution < 1.29 is 0 Å². The molecule has 4 heteroatoms. The van der Waals surface area contributed by atoms with Crippen molar-refractivity contribution in [1.82, 2.24) is 15.0 Å². The van der Waals surface area contributed by atoms with Crippen LogP contribution in [0.1, 0.15) is 36.6 Å². The quantitative estimate of drug-likeness (QED) is 0.764. The zero-order valence-corrected chi connectivity index (χ0v) is 9.40. The van der Waals surface area contributed by atoms with Crippen molar-refractivity contribution in [2.75, 3.05) is 0 Å². The first-order valence-electron chi connectivity index (χ1n) is 5.81. The monoisotopic (exact) mass is 216 g/mol. The van der Waals surface area contributed by atoms with Crippen molar-refractivity contribution in [3.63, 3.8) is 0 Å². The van der Waals surface area contributed by atoms with E-state index in [0.29, 0.717) is 12.0 Å². The number of fused-ring (bicyclic) bond motifs is 1. The van der Waals surface area contributed by atoms with Gasteiger partial charge in [-0.15, -0.1) is 0 Å². The lowest BCUT2D eigenvalue weighted by Gasteiger charge is -2.04. The molecule has 4 nitrogen and oxygen atoms in total. The number of nitrogens with two attached hydrogens (primary N) is 1. The van der Waals surface area contributed by atoms with Crippen molar-refractivity contribution in [3.8, 4) is 0 Å². The van der Waals surface area contributed by atoms with Crippen LogP contribution in [-0.4, -0.2) is 21.0 Å². The first kappa shape index (κ1) is 9.78. The summed E-state index contributed by atoms with van der Waals surface area (Å²) in [4.78, 5) is 12.2. The van der Waals surface area contributed by atoms with E-state index in [0.717, 1.165) is 36.3 Å². The minimum Gasteiger partial charge on any atom is -0.340 e. The van der Waals surface area contributed by atoms with Gasteiger partial charge in [0, 0.05) is 18.2 Å². The number of aryl methyl sites for hydroxylation is 1. The number of H-pyrrole nitrogens is 1. The van der Waals surface area contributed by atoms with Crippen molar-refractivity contribution in [1.29, 1.82) is 0 Å². The normalized spacial score (nSPS) is 25.4. The van der Waals surface area contributed by atoms with E-state index in [-0.39, 0.29) is 0 Å². The Morgan fingerprint density at radius 2 is 2.31 bits per heavy atom. The zero-order chi connectivity index (χ0) is 11.1. The van der Waals surface area contributed by atoms with Crippen LogP contribution in [0.2, 0.25) is 0 Å². The highest BCUT2D eigenvalue weighted by Crippen LogP contribution is 2.32. The molecule has 3 rings (SSSR count). The summed E-state index contributed by atoms with van der Waals surface area (Å²) in [6.45, 7) is 2.08. The van der Waals surface area contributed by atoms with Crippen LogP contribution >= 0.6 is 0 Å². The number of aromatic nitrogens is 3. The van der Waals surface area contributed by atoms with Crippen LogP contribution in [0.15, 0.2) is 12.3 Å². The molecule has 1 fully saturated rings. The second-order valence-corrected chi connectivity index (χ2v) is 4.72. The summed E-state index contributed by atoms with van der Waals surface area (Å²) >= 11 is 0. The molecule has 0 radical (unpaired) electrons. The van der Waals surface area contributed by atoms with E-state index in [2.05, 4.69) is 21.9 Å². The van der Waals surface area contributed by atoms with Gasteiger partial charge in [-0.05, 0) is 37.8 Å². The maximum atomic E-state index is 5.93. The molecular formula is C12H16N4. The molecule has 1 saturated carbocycles. The average molecular weight is 216 g/mol. The van der Waals surface area contributed by atoms with Gasteiger partial charge in [0.2, 0.25) is 0 Å². The molecule has 0 amide bonds. The lowest BCUT2D eigenvalue weighted by molar-refractivity contribution is 0.651. The molecule has 2 heterocycles. The first-order valence-corrected chi connectivity index (χ1v) is 5.81. The molecule has 0 bridgehead atoms. The molecule has 16 heavy (non-hydrogen) atoms.